The van der Waals surface area contributed by atoms with Crippen molar-refractivity contribution in [3.05, 3.63) is 10.6 Å². The average molecular weight is 317 g/mol. The maximum Gasteiger partial charge on any atom is 0.410 e. The van der Waals surface area contributed by atoms with Gasteiger partial charge in [-0.15, -0.1) is 10.2 Å². The molecule has 2 rings (SSSR count). The Labute approximate surface area is 114 Å². The van der Waals surface area contributed by atoms with Crippen molar-refractivity contribution in [3.8, 4) is 0 Å². The van der Waals surface area contributed by atoms with E-state index < -0.39 is 5.60 Å². The fourth-order valence-electron chi connectivity index (χ4n) is 1.80. The summed E-state index contributed by atoms with van der Waals surface area (Å²) in [5.41, 5.74) is -0.459. The molecule has 0 atom stereocenters. The van der Waals surface area contributed by atoms with E-state index in [0.717, 1.165) is 5.82 Å². The molecule has 1 aliphatic rings. The first-order valence-electron chi connectivity index (χ1n) is 5.92. The Kier molecular flexibility index (Phi) is 3.61. The second-order valence-electron chi connectivity index (χ2n) is 5.25. The normalized spacial score (nSPS) is 16.1. The van der Waals surface area contributed by atoms with E-state index in [1.54, 1.807) is 4.90 Å². The first-order valence-corrected chi connectivity index (χ1v) is 6.71. The molecule has 100 valence electrons. The molecule has 0 fully saturated rings. The number of carbonyl (C=O) groups is 1. The summed E-state index contributed by atoms with van der Waals surface area (Å²) in [6, 6.07) is 0. The summed E-state index contributed by atoms with van der Waals surface area (Å²) < 4.78 is 8.06. The van der Waals surface area contributed by atoms with Gasteiger partial charge in [-0.1, -0.05) is 0 Å². The van der Waals surface area contributed by atoms with Crippen LogP contribution in [0.1, 0.15) is 26.6 Å². The van der Waals surface area contributed by atoms with Gasteiger partial charge in [0.25, 0.3) is 0 Å². The number of halogens is 1. The van der Waals surface area contributed by atoms with E-state index in [2.05, 4.69) is 26.1 Å². The first-order chi connectivity index (χ1) is 8.37. The molecule has 0 saturated carbocycles. The molecule has 0 radical (unpaired) electrons. The third kappa shape index (κ3) is 3.01. The summed E-state index contributed by atoms with van der Waals surface area (Å²) in [4.78, 5) is 13.7. The van der Waals surface area contributed by atoms with Crippen LogP contribution in [0.5, 0.6) is 0 Å². The lowest BCUT2D eigenvalue weighted by molar-refractivity contribution is 0.0254. The maximum atomic E-state index is 12.0. The Morgan fingerprint density at radius 1 is 1.28 bits per heavy atom. The SMILES string of the molecule is CC(C)(C)OC(=O)N1CCc2nnc(Br)n2CC1. The van der Waals surface area contributed by atoms with Crippen LogP contribution in [0, 0.1) is 0 Å². The molecule has 1 aromatic heterocycles. The lowest BCUT2D eigenvalue weighted by Gasteiger charge is -2.26. The van der Waals surface area contributed by atoms with Crippen molar-refractivity contribution < 1.29 is 9.53 Å². The van der Waals surface area contributed by atoms with Gasteiger partial charge in [0.1, 0.15) is 11.4 Å². The zero-order valence-corrected chi connectivity index (χ0v) is 12.4. The molecule has 0 aliphatic carbocycles. The predicted molar refractivity (Wildman–Crippen MR) is 69.2 cm³/mol. The summed E-state index contributed by atoms with van der Waals surface area (Å²) in [5, 5.41) is 8.04. The third-order valence-corrected chi connectivity index (χ3v) is 3.22. The quantitative estimate of drug-likeness (QED) is 0.732. The lowest BCUT2D eigenvalue weighted by atomic mass is 10.2. The Balaban J connectivity index is 2.02. The standard InChI is InChI=1S/C11H17BrN4O2/c1-11(2,3)18-10(17)15-5-4-8-13-14-9(12)16(8)7-6-15/h4-7H2,1-3H3. The zero-order valence-electron chi connectivity index (χ0n) is 10.8. The van der Waals surface area contributed by atoms with Crippen LogP contribution < -0.4 is 0 Å². The van der Waals surface area contributed by atoms with Crippen LogP contribution in [0.2, 0.25) is 0 Å². The van der Waals surface area contributed by atoms with Crippen LogP contribution in [-0.2, 0) is 17.7 Å². The molecule has 7 heteroatoms. The summed E-state index contributed by atoms with van der Waals surface area (Å²) >= 11 is 3.35. The molecule has 0 aromatic carbocycles. The number of nitrogens with zero attached hydrogens (tertiary/aromatic N) is 4. The highest BCUT2D eigenvalue weighted by Gasteiger charge is 2.25. The highest BCUT2D eigenvalue weighted by molar-refractivity contribution is 9.10. The number of hydrogen-bond acceptors (Lipinski definition) is 4. The predicted octanol–water partition coefficient (Wildman–Crippen LogP) is 1.83. The van der Waals surface area contributed by atoms with E-state index in [-0.39, 0.29) is 6.09 Å². The van der Waals surface area contributed by atoms with E-state index in [1.165, 1.54) is 0 Å². The molecule has 6 nitrogen and oxygen atoms in total. The summed E-state index contributed by atoms with van der Waals surface area (Å²) in [6.45, 7) is 7.51. The summed E-state index contributed by atoms with van der Waals surface area (Å²) in [5.74, 6) is 0.896. The van der Waals surface area contributed by atoms with Crippen molar-refractivity contribution in [2.75, 3.05) is 13.1 Å². The molecule has 0 bridgehead atoms. The minimum absolute atomic E-state index is 0.266. The molecule has 0 N–H and O–H groups in total. The molecule has 18 heavy (non-hydrogen) atoms. The summed E-state index contributed by atoms with van der Waals surface area (Å²) in [6.07, 6.45) is 0.426. The van der Waals surface area contributed by atoms with Crippen molar-refractivity contribution in [1.82, 2.24) is 19.7 Å². The van der Waals surface area contributed by atoms with E-state index in [9.17, 15) is 4.79 Å². The van der Waals surface area contributed by atoms with E-state index >= 15 is 0 Å². The number of rotatable bonds is 0. The Morgan fingerprint density at radius 3 is 2.67 bits per heavy atom. The van der Waals surface area contributed by atoms with Gasteiger partial charge in [-0.2, -0.15) is 0 Å². The lowest BCUT2D eigenvalue weighted by Crippen LogP contribution is -2.38. The van der Waals surface area contributed by atoms with E-state index in [1.807, 2.05) is 25.3 Å². The van der Waals surface area contributed by atoms with Gasteiger partial charge in [0, 0.05) is 26.1 Å². The number of carbonyl (C=O) groups excluding carboxylic acids is 1. The van der Waals surface area contributed by atoms with Crippen LogP contribution in [0.15, 0.2) is 4.73 Å². The van der Waals surface area contributed by atoms with E-state index in [4.69, 9.17) is 4.74 Å². The Morgan fingerprint density at radius 2 is 2.00 bits per heavy atom. The minimum atomic E-state index is -0.459. The molecule has 1 aliphatic heterocycles. The van der Waals surface area contributed by atoms with Crippen molar-refractivity contribution in [1.29, 1.82) is 0 Å². The van der Waals surface area contributed by atoms with E-state index in [0.29, 0.717) is 30.8 Å². The minimum Gasteiger partial charge on any atom is -0.444 e. The largest absolute Gasteiger partial charge is 0.444 e. The second kappa shape index (κ2) is 4.87. The monoisotopic (exact) mass is 316 g/mol. The van der Waals surface area contributed by atoms with Gasteiger partial charge in [0.2, 0.25) is 0 Å². The van der Waals surface area contributed by atoms with Crippen LogP contribution in [0.25, 0.3) is 0 Å². The van der Waals surface area contributed by atoms with Gasteiger partial charge in [-0.05, 0) is 36.7 Å². The maximum absolute atomic E-state index is 12.0. The number of fused-ring (bicyclic) bond motifs is 1. The smallest absolute Gasteiger partial charge is 0.410 e. The van der Waals surface area contributed by atoms with Gasteiger partial charge in [0.15, 0.2) is 4.73 Å². The van der Waals surface area contributed by atoms with Crippen LogP contribution in [-0.4, -0.2) is 44.4 Å². The number of ether oxygens (including phenoxy) is 1. The highest BCUT2D eigenvalue weighted by atomic mass is 79.9. The van der Waals surface area contributed by atoms with Gasteiger partial charge in [0.05, 0.1) is 0 Å². The fraction of sp³-hybridized carbons (Fsp3) is 0.727. The van der Waals surface area contributed by atoms with Crippen molar-refractivity contribution in [2.45, 2.75) is 39.3 Å². The zero-order chi connectivity index (χ0) is 13.3. The Hall–Kier alpha value is -1.11. The summed E-state index contributed by atoms with van der Waals surface area (Å²) in [7, 11) is 0. The van der Waals surface area contributed by atoms with Crippen molar-refractivity contribution in [3.63, 3.8) is 0 Å². The van der Waals surface area contributed by atoms with Gasteiger partial charge >= 0.3 is 6.09 Å². The highest BCUT2D eigenvalue weighted by Crippen LogP contribution is 2.16. The van der Waals surface area contributed by atoms with Crippen LogP contribution in [0.3, 0.4) is 0 Å². The van der Waals surface area contributed by atoms with Gasteiger partial charge < -0.3 is 14.2 Å². The van der Waals surface area contributed by atoms with Crippen molar-refractivity contribution in [2.24, 2.45) is 0 Å². The van der Waals surface area contributed by atoms with Crippen LogP contribution in [0.4, 0.5) is 4.79 Å². The molecular formula is C11H17BrN4O2. The van der Waals surface area contributed by atoms with Crippen LogP contribution >= 0.6 is 15.9 Å². The van der Waals surface area contributed by atoms with Gasteiger partial charge in [-0.3, -0.25) is 0 Å². The third-order valence-electron chi connectivity index (χ3n) is 2.63. The second-order valence-corrected chi connectivity index (χ2v) is 5.96. The molecule has 2 heterocycles. The molecular weight excluding hydrogens is 300 g/mol. The first kappa shape index (κ1) is 13.3. The number of hydrogen-bond donors (Lipinski definition) is 0. The molecule has 0 unspecified atom stereocenters. The average Bonchev–Trinajstić information content (AvgIpc) is 2.48. The van der Waals surface area contributed by atoms with Crippen molar-refractivity contribution >= 4 is 22.0 Å². The Bertz CT molecular complexity index is 452. The number of amides is 1. The molecule has 0 saturated heterocycles. The topological polar surface area (TPSA) is 60.2 Å². The molecule has 0 spiro atoms. The van der Waals surface area contributed by atoms with Gasteiger partial charge in [-0.25, -0.2) is 4.79 Å². The fourth-order valence-corrected chi connectivity index (χ4v) is 2.26. The molecule has 1 aromatic rings. The molecule has 1 amide bonds. The number of aromatic nitrogens is 3.